The normalized spacial score (nSPS) is 11.2. The summed E-state index contributed by atoms with van der Waals surface area (Å²) in [7, 11) is 2.02. The summed E-state index contributed by atoms with van der Waals surface area (Å²) in [6, 6.07) is 5.68. The molecule has 0 aliphatic heterocycles. The second kappa shape index (κ2) is 6.81. The Bertz CT molecular complexity index is 416. The fourth-order valence-corrected chi connectivity index (χ4v) is 2.36. The molecule has 0 fully saturated rings. The Labute approximate surface area is 114 Å². The van der Waals surface area contributed by atoms with Crippen LogP contribution in [0.15, 0.2) is 18.2 Å². The maximum absolute atomic E-state index is 14.2. The van der Waals surface area contributed by atoms with Gasteiger partial charge in [0.1, 0.15) is 10.8 Å². The van der Waals surface area contributed by atoms with Gasteiger partial charge >= 0.3 is 0 Å². The van der Waals surface area contributed by atoms with E-state index in [0.29, 0.717) is 23.7 Å². The van der Waals surface area contributed by atoms with E-state index >= 15 is 0 Å². The minimum absolute atomic E-state index is 0.111. The van der Waals surface area contributed by atoms with E-state index < -0.39 is 0 Å². The number of benzene rings is 1. The van der Waals surface area contributed by atoms with Crippen molar-refractivity contribution in [3.63, 3.8) is 0 Å². The molecule has 1 aromatic carbocycles. The molecule has 0 spiro atoms. The van der Waals surface area contributed by atoms with Gasteiger partial charge in [-0.25, -0.2) is 4.39 Å². The zero-order valence-corrected chi connectivity index (χ0v) is 12.1. The van der Waals surface area contributed by atoms with E-state index in [2.05, 4.69) is 18.7 Å². The predicted molar refractivity (Wildman–Crippen MR) is 78.1 cm³/mol. The highest BCUT2D eigenvalue weighted by Crippen LogP contribution is 2.17. The van der Waals surface area contributed by atoms with Gasteiger partial charge in [-0.15, -0.1) is 0 Å². The maximum Gasteiger partial charge on any atom is 0.137 e. The summed E-state index contributed by atoms with van der Waals surface area (Å²) in [5, 5.41) is 0. The van der Waals surface area contributed by atoms with Gasteiger partial charge in [-0.3, -0.25) is 4.90 Å². The van der Waals surface area contributed by atoms with E-state index in [0.717, 1.165) is 12.8 Å². The minimum Gasteiger partial charge on any atom is -0.389 e. The van der Waals surface area contributed by atoms with E-state index in [1.165, 1.54) is 0 Å². The molecule has 0 atom stereocenters. The summed E-state index contributed by atoms with van der Waals surface area (Å²) < 4.78 is 14.2. The van der Waals surface area contributed by atoms with Crippen molar-refractivity contribution in [3.8, 4) is 0 Å². The Morgan fingerprint density at radius 2 is 2.00 bits per heavy atom. The van der Waals surface area contributed by atoms with Gasteiger partial charge in [-0.2, -0.15) is 0 Å². The molecule has 0 bridgehead atoms. The molecular formula is C14H21FN2S. The minimum atomic E-state index is -0.289. The van der Waals surface area contributed by atoms with E-state index in [9.17, 15) is 4.39 Å². The number of rotatable bonds is 6. The zero-order valence-electron chi connectivity index (χ0n) is 11.2. The van der Waals surface area contributed by atoms with Crippen molar-refractivity contribution in [2.75, 3.05) is 7.05 Å². The second-order valence-electron chi connectivity index (χ2n) is 4.53. The predicted octanol–water partition coefficient (Wildman–Crippen LogP) is 3.08. The molecule has 0 radical (unpaired) electrons. The van der Waals surface area contributed by atoms with E-state index in [1.54, 1.807) is 18.2 Å². The number of thiocarbonyl (C=S) groups is 1. The van der Waals surface area contributed by atoms with Crippen molar-refractivity contribution in [1.82, 2.24) is 4.90 Å². The monoisotopic (exact) mass is 268 g/mol. The highest BCUT2D eigenvalue weighted by Gasteiger charge is 2.15. The first-order valence-corrected chi connectivity index (χ1v) is 6.69. The van der Waals surface area contributed by atoms with Crippen LogP contribution in [-0.4, -0.2) is 23.0 Å². The van der Waals surface area contributed by atoms with Gasteiger partial charge in [0.2, 0.25) is 0 Å². The first-order chi connectivity index (χ1) is 8.51. The van der Waals surface area contributed by atoms with Gasteiger partial charge in [0, 0.05) is 23.7 Å². The van der Waals surface area contributed by atoms with Crippen LogP contribution in [0.3, 0.4) is 0 Å². The van der Waals surface area contributed by atoms with Gasteiger partial charge in [0.25, 0.3) is 0 Å². The topological polar surface area (TPSA) is 29.3 Å². The average Bonchev–Trinajstić information content (AvgIpc) is 2.33. The molecule has 0 saturated heterocycles. The Hall–Kier alpha value is -1.00. The largest absolute Gasteiger partial charge is 0.389 e. The standard InChI is InChI=1S/C14H21FN2S/c1-4-11(5-2)17(3)9-10-7-6-8-12(13(10)15)14(16)18/h6-8,11H,4-5,9H2,1-3H3,(H2,16,18). The van der Waals surface area contributed by atoms with E-state index in [-0.39, 0.29) is 10.8 Å². The number of nitrogens with zero attached hydrogens (tertiary/aromatic N) is 1. The van der Waals surface area contributed by atoms with Crippen molar-refractivity contribution >= 4 is 17.2 Å². The first-order valence-electron chi connectivity index (χ1n) is 6.28. The highest BCUT2D eigenvalue weighted by molar-refractivity contribution is 7.80. The third-order valence-electron chi connectivity index (χ3n) is 3.33. The molecule has 0 unspecified atom stereocenters. The van der Waals surface area contributed by atoms with Crippen LogP contribution in [0.25, 0.3) is 0 Å². The zero-order chi connectivity index (χ0) is 13.7. The van der Waals surface area contributed by atoms with Crippen LogP contribution < -0.4 is 5.73 Å². The quantitative estimate of drug-likeness (QED) is 0.804. The maximum atomic E-state index is 14.2. The average molecular weight is 268 g/mol. The van der Waals surface area contributed by atoms with E-state index in [1.807, 2.05) is 7.05 Å². The highest BCUT2D eigenvalue weighted by atomic mass is 32.1. The van der Waals surface area contributed by atoms with E-state index in [4.69, 9.17) is 18.0 Å². The lowest BCUT2D eigenvalue weighted by Gasteiger charge is -2.26. The molecule has 2 N–H and O–H groups in total. The lowest BCUT2D eigenvalue weighted by Crippen LogP contribution is -2.30. The molecule has 0 aliphatic carbocycles. The summed E-state index contributed by atoms with van der Waals surface area (Å²) in [4.78, 5) is 2.28. The van der Waals surface area contributed by atoms with Crippen molar-refractivity contribution in [1.29, 1.82) is 0 Å². The SMILES string of the molecule is CCC(CC)N(C)Cc1cccc(C(N)=S)c1F. The van der Waals surface area contributed by atoms with Crippen LogP contribution in [0.5, 0.6) is 0 Å². The van der Waals surface area contributed by atoms with Crippen LogP contribution in [0.2, 0.25) is 0 Å². The molecule has 1 rings (SSSR count). The summed E-state index contributed by atoms with van der Waals surface area (Å²) in [6.07, 6.45) is 2.12. The summed E-state index contributed by atoms with van der Waals surface area (Å²) >= 11 is 4.84. The Balaban J connectivity index is 2.91. The van der Waals surface area contributed by atoms with Crippen molar-refractivity contribution in [2.24, 2.45) is 5.73 Å². The lowest BCUT2D eigenvalue weighted by atomic mass is 10.1. The van der Waals surface area contributed by atoms with Crippen LogP contribution in [0.1, 0.15) is 37.8 Å². The number of hydrogen-bond donors (Lipinski definition) is 1. The molecule has 0 saturated carbocycles. The van der Waals surface area contributed by atoms with Gasteiger partial charge in [-0.05, 0) is 26.0 Å². The molecule has 0 aliphatic rings. The molecule has 4 heteroatoms. The van der Waals surface area contributed by atoms with Crippen LogP contribution in [-0.2, 0) is 6.54 Å². The number of nitrogens with two attached hydrogens (primary N) is 1. The van der Waals surface area contributed by atoms with Gasteiger partial charge in [-0.1, -0.05) is 38.2 Å². The third-order valence-corrected chi connectivity index (χ3v) is 3.55. The van der Waals surface area contributed by atoms with Crippen molar-refractivity contribution in [2.45, 2.75) is 39.3 Å². The molecule has 0 aromatic heterocycles. The van der Waals surface area contributed by atoms with Gasteiger partial charge < -0.3 is 5.73 Å². The van der Waals surface area contributed by atoms with Gasteiger partial charge in [0.05, 0.1) is 0 Å². The van der Waals surface area contributed by atoms with Crippen LogP contribution >= 0.6 is 12.2 Å². The Morgan fingerprint density at radius 1 is 1.39 bits per heavy atom. The molecule has 0 amide bonds. The molecule has 100 valence electrons. The third kappa shape index (κ3) is 3.50. The Morgan fingerprint density at radius 3 is 2.50 bits per heavy atom. The van der Waals surface area contributed by atoms with Crippen molar-refractivity contribution in [3.05, 3.63) is 35.1 Å². The van der Waals surface area contributed by atoms with Crippen LogP contribution in [0.4, 0.5) is 4.39 Å². The first kappa shape index (κ1) is 15.1. The van der Waals surface area contributed by atoms with Crippen molar-refractivity contribution < 1.29 is 4.39 Å². The molecule has 0 heterocycles. The summed E-state index contributed by atoms with van der Waals surface area (Å²) in [6.45, 7) is 4.87. The Kier molecular flexibility index (Phi) is 5.69. The van der Waals surface area contributed by atoms with Crippen LogP contribution in [0, 0.1) is 5.82 Å². The molecule has 18 heavy (non-hydrogen) atoms. The molecular weight excluding hydrogens is 247 g/mol. The molecule has 2 nitrogen and oxygen atoms in total. The second-order valence-corrected chi connectivity index (χ2v) is 4.97. The lowest BCUT2D eigenvalue weighted by molar-refractivity contribution is 0.219. The molecule has 1 aromatic rings. The summed E-state index contributed by atoms with van der Waals surface area (Å²) in [5.41, 5.74) is 6.49. The number of halogens is 1. The fourth-order valence-electron chi connectivity index (χ4n) is 2.20. The smallest absolute Gasteiger partial charge is 0.137 e. The van der Waals surface area contributed by atoms with Gasteiger partial charge in [0.15, 0.2) is 0 Å². The summed E-state index contributed by atoms with van der Waals surface area (Å²) in [5.74, 6) is -0.289. The number of hydrogen-bond acceptors (Lipinski definition) is 2. The fraction of sp³-hybridized carbons (Fsp3) is 0.500.